The molecule has 6 heteroatoms. The monoisotopic (exact) mass is 459 g/mol. The smallest absolute Gasteiger partial charge is 0.259 e. The van der Waals surface area contributed by atoms with Gasteiger partial charge in [-0.3, -0.25) is 9.69 Å². The minimum atomic E-state index is -0.513. The molecule has 0 saturated carbocycles. The predicted octanol–water partition coefficient (Wildman–Crippen LogP) is 4.47. The number of aromatic amines is 1. The number of H-pyrrole nitrogens is 1. The third-order valence-corrected chi connectivity index (χ3v) is 7.47. The number of aromatic nitrogens is 2. The van der Waals surface area contributed by atoms with E-state index in [0.29, 0.717) is 31.9 Å². The number of rotatable bonds is 8. The van der Waals surface area contributed by atoms with Gasteiger partial charge in [-0.15, -0.1) is 11.3 Å². The summed E-state index contributed by atoms with van der Waals surface area (Å²) in [4.78, 5) is 25.2. The molecule has 2 heterocycles. The lowest BCUT2D eigenvalue weighted by atomic mass is 9.97. The van der Waals surface area contributed by atoms with E-state index in [-0.39, 0.29) is 5.56 Å². The highest BCUT2D eigenvalue weighted by Gasteiger charge is 2.21. The van der Waals surface area contributed by atoms with Crippen LogP contribution in [0.1, 0.15) is 40.2 Å². The summed E-state index contributed by atoms with van der Waals surface area (Å²) in [6.07, 6.45) is 4.44. The van der Waals surface area contributed by atoms with Gasteiger partial charge in [-0.2, -0.15) is 0 Å². The highest BCUT2D eigenvalue weighted by Crippen LogP contribution is 2.33. The molecule has 5 rings (SSSR count). The third-order valence-electron chi connectivity index (χ3n) is 6.28. The second-order valence-corrected chi connectivity index (χ2v) is 9.99. The van der Waals surface area contributed by atoms with Gasteiger partial charge in [0.15, 0.2) is 0 Å². The first-order chi connectivity index (χ1) is 16.2. The van der Waals surface area contributed by atoms with Crippen molar-refractivity contribution in [1.29, 1.82) is 0 Å². The van der Waals surface area contributed by atoms with Crippen molar-refractivity contribution in [3.63, 3.8) is 0 Å². The number of hydrogen-bond donors (Lipinski definition) is 2. The Morgan fingerprint density at radius 1 is 0.970 bits per heavy atom. The lowest BCUT2D eigenvalue weighted by Crippen LogP contribution is -2.34. The fourth-order valence-electron chi connectivity index (χ4n) is 4.77. The summed E-state index contributed by atoms with van der Waals surface area (Å²) in [7, 11) is 0. The Labute approximate surface area is 197 Å². The van der Waals surface area contributed by atoms with E-state index in [1.165, 1.54) is 22.4 Å². The van der Waals surface area contributed by atoms with Crippen LogP contribution in [0.15, 0.2) is 65.5 Å². The molecule has 0 amide bonds. The zero-order valence-electron chi connectivity index (χ0n) is 18.7. The number of aliphatic hydroxyl groups is 1. The molecule has 0 fully saturated rings. The van der Waals surface area contributed by atoms with Gasteiger partial charge in [-0.05, 0) is 48.8 Å². The summed E-state index contributed by atoms with van der Waals surface area (Å²) in [5.74, 6) is 0.661. The molecule has 0 unspecified atom stereocenters. The second kappa shape index (κ2) is 10.00. The van der Waals surface area contributed by atoms with E-state index in [9.17, 15) is 9.90 Å². The molecule has 0 radical (unpaired) electrons. The van der Waals surface area contributed by atoms with E-state index in [1.807, 2.05) is 48.5 Å². The number of benzene rings is 2. The predicted molar refractivity (Wildman–Crippen MR) is 134 cm³/mol. The van der Waals surface area contributed by atoms with Crippen molar-refractivity contribution < 1.29 is 5.11 Å². The minimum absolute atomic E-state index is 0.0288. The molecule has 33 heavy (non-hydrogen) atoms. The fraction of sp³-hybridized carbons (Fsp3) is 0.333. The van der Waals surface area contributed by atoms with Gasteiger partial charge in [0.1, 0.15) is 10.7 Å². The topological polar surface area (TPSA) is 69.2 Å². The molecular formula is C27H29N3O2S. The van der Waals surface area contributed by atoms with E-state index >= 15 is 0 Å². The van der Waals surface area contributed by atoms with Crippen LogP contribution in [0, 0.1) is 0 Å². The highest BCUT2D eigenvalue weighted by atomic mass is 32.1. The summed E-state index contributed by atoms with van der Waals surface area (Å²) in [5, 5.41) is 11.6. The van der Waals surface area contributed by atoms with Gasteiger partial charge in [0, 0.05) is 18.0 Å². The molecule has 2 aromatic heterocycles. The van der Waals surface area contributed by atoms with E-state index in [4.69, 9.17) is 4.98 Å². The number of hydrogen-bond acceptors (Lipinski definition) is 5. The first-order valence-corrected chi connectivity index (χ1v) is 12.5. The Bertz CT molecular complexity index is 1270. The maximum absolute atomic E-state index is 13.0. The SMILES string of the molecule is O=c1[nH]c(CN(Cc2ccccc2)C[C@@H](O)Cc2ccccc2)nc2sc3c(c12)CCCC3. The van der Waals surface area contributed by atoms with Gasteiger partial charge in [0.2, 0.25) is 0 Å². The zero-order valence-corrected chi connectivity index (χ0v) is 19.5. The molecule has 4 aromatic rings. The Morgan fingerprint density at radius 2 is 1.67 bits per heavy atom. The van der Waals surface area contributed by atoms with Crippen LogP contribution < -0.4 is 5.56 Å². The lowest BCUT2D eigenvalue weighted by Gasteiger charge is -2.25. The number of nitrogens with zero attached hydrogens (tertiary/aromatic N) is 2. The van der Waals surface area contributed by atoms with E-state index in [1.54, 1.807) is 11.3 Å². The molecule has 1 aliphatic rings. The van der Waals surface area contributed by atoms with Crippen LogP contribution in [-0.4, -0.2) is 32.6 Å². The molecule has 2 aromatic carbocycles. The van der Waals surface area contributed by atoms with Gasteiger partial charge in [-0.25, -0.2) is 4.98 Å². The van der Waals surface area contributed by atoms with Crippen LogP contribution in [0.3, 0.4) is 0 Å². The van der Waals surface area contributed by atoms with Crippen LogP contribution in [0.5, 0.6) is 0 Å². The molecule has 0 spiro atoms. The number of fused-ring (bicyclic) bond motifs is 3. The Morgan fingerprint density at radius 3 is 2.42 bits per heavy atom. The van der Waals surface area contributed by atoms with E-state index in [0.717, 1.165) is 35.0 Å². The van der Waals surface area contributed by atoms with E-state index < -0.39 is 6.10 Å². The summed E-state index contributed by atoms with van der Waals surface area (Å²) in [6, 6.07) is 20.3. The van der Waals surface area contributed by atoms with Crippen LogP contribution in [0.4, 0.5) is 0 Å². The first kappa shape index (κ1) is 22.0. The fourth-order valence-corrected chi connectivity index (χ4v) is 6.05. The van der Waals surface area contributed by atoms with Crippen molar-refractivity contribution in [3.05, 3.63) is 98.4 Å². The quantitative estimate of drug-likeness (QED) is 0.408. The molecule has 5 nitrogen and oxygen atoms in total. The summed E-state index contributed by atoms with van der Waals surface area (Å²) in [6.45, 7) is 1.65. The molecule has 170 valence electrons. The maximum Gasteiger partial charge on any atom is 0.259 e. The Balaban J connectivity index is 1.39. The highest BCUT2D eigenvalue weighted by molar-refractivity contribution is 7.18. The molecule has 1 atom stereocenters. The van der Waals surface area contributed by atoms with Crippen molar-refractivity contribution >= 4 is 21.6 Å². The van der Waals surface area contributed by atoms with Crippen molar-refractivity contribution in [2.75, 3.05) is 6.54 Å². The molecule has 2 N–H and O–H groups in total. The van der Waals surface area contributed by atoms with Crippen molar-refractivity contribution in [2.24, 2.45) is 0 Å². The van der Waals surface area contributed by atoms with Crippen LogP contribution >= 0.6 is 11.3 Å². The van der Waals surface area contributed by atoms with Crippen molar-refractivity contribution in [2.45, 2.75) is 51.3 Å². The standard InChI is InChI=1S/C27H29N3O2S/c31-21(15-19-9-3-1-4-10-19)17-30(16-20-11-5-2-6-12-20)18-24-28-26(32)25-22-13-7-8-14-23(22)33-27(25)29-24/h1-6,9-12,21,31H,7-8,13-18H2,(H,28,29,32)/t21-/m0/s1. The van der Waals surface area contributed by atoms with Crippen LogP contribution in [0.2, 0.25) is 0 Å². The average Bonchev–Trinajstić information content (AvgIpc) is 3.19. The average molecular weight is 460 g/mol. The molecule has 1 aliphatic carbocycles. The van der Waals surface area contributed by atoms with Gasteiger partial charge in [0.05, 0.1) is 18.0 Å². The largest absolute Gasteiger partial charge is 0.391 e. The number of aliphatic hydroxyl groups excluding tert-OH is 1. The summed E-state index contributed by atoms with van der Waals surface area (Å²) in [5.41, 5.74) is 3.46. The van der Waals surface area contributed by atoms with Gasteiger partial charge >= 0.3 is 0 Å². The van der Waals surface area contributed by atoms with Gasteiger partial charge in [-0.1, -0.05) is 60.7 Å². The molecular weight excluding hydrogens is 430 g/mol. The number of nitrogens with one attached hydrogen (secondary N) is 1. The normalized spacial score (nSPS) is 14.5. The Hall–Kier alpha value is -2.80. The van der Waals surface area contributed by atoms with E-state index in [2.05, 4.69) is 22.0 Å². The van der Waals surface area contributed by atoms with Crippen LogP contribution in [-0.2, 0) is 32.4 Å². The molecule has 0 bridgehead atoms. The van der Waals surface area contributed by atoms with Gasteiger partial charge in [0.25, 0.3) is 5.56 Å². The van der Waals surface area contributed by atoms with Crippen molar-refractivity contribution in [3.8, 4) is 0 Å². The summed E-state index contributed by atoms with van der Waals surface area (Å²) >= 11 is 1.68. The number of thiophene rings is 1. The van der Waals surface area contributed by atoms with Gasteiger partial charge < -0.3 is 10.1 Å². The third kappa shape index (κ3) is 5.24. The first-order valence-electron chi connectivity index (χ1n) is 11.7. The maximum atomic E-state index is 13.0. The summed E-state index contributed by atoms with van der Waals surface area (Å²) < 4.78 is 0. The Kier molecular flexibility index (Phi) is 6.67. The zero-order chi connectivity index (χ0) is 22.6. The molecule has 0 aliphatic heterocycles. The minimum Gasteiger partial charge on any atom is -0.391 e. The van der Waals surface area contributed by atoms with Crippen molar-refractivity contribution in [1.82, 2.24) is 14.9 Å². The van der Waals surface area contributed by atoms with Crippen LogP contribution in [0.25, 0.3) is 10.2 Å². The number of aryl methyl sites for hydroxylation is 2. The molecule has 0 saturated heterocycles. The second-order valence-electron chi connectivity index (χ2n) is 8.90. The lowest BCUT2D eigenvalue weighted by molar-refractivity contribution is 0.103.